The van der Waals surface area contributed by atoms with Crippen LogP contribution in [0.5, 0.6) is 0 Å². The molecule has 1 aromatic rings. The van der Waals surface area contributed by atoms with Gasteiger partial charge in [-0.15, -0.1) is 0 Å². The lowest BCUT2D eigenvalue weighted by Gasteiger charge is -1.89. The Morgan fingerprint density at radius 3 is 1.67 bits per heavy atom. The Balaban J connectivity index is 0. The largest absolute Gasteiger partial charge is 0.412 e. The van der Waals surface area contributed by atoms with Crippen LogP contribution < -0.4 is 5.73 Å². The average Bonchev–Trinajstić information content (AvgIpc) is 2.03. The van der Waals surface area contributed by atoms with E-state index in [-0.39, 0.29) is 11.4 Å². The predicted molar refractivity (Wildman–Crippen MR) is 52.8 cm³/mol. The molecule has 7 nitrogen and oxygen atoms in total. The van der Waals surface area contributed by atoms with Crippen molar-refractivity contribution < 1.29 is 27.8 Å². The van der Waals surface area contributed by atoms with Crippen LogP contribution in [0, 0.1) is 0 Å². The second kappa shape index (κ2) is 6.90. The molecule has 0 aromatic heterocycles. The van der Waals surface area contributed by atoms with E-state index >= 15 is 0 Å². The van der Waals surface area contributed by atoms with Gasteiger partial charge in [0.05, 0.1) is 0 Å². The number of nitrogens with two attached hydrogens (primary N) is 1. The first-order valence-electron chi connectivity index (χ1n) is 3.35. The van der Waals surface area contributed by atoms with Crippen molar-refractivity contribution in [3.63, 3.8) is 0 Å². The summed E-state index contributed by atoms with van der Waals surface area (Å²) < 4.78 is 31.6. The van der Waals surface area contributed by atoms with Gasteiger partial charge in [-0.1, -0.05) is 18.2 Å². The lowest BCUT2D eigenvalue weighted by molar-refractivity contribution is 0.1000. The molecular weight excluding hydrogens is 226 g/mol. The third kappa shape index (κ3) is 12.5. The van der Waals surface area contributed by atoms with Gasteiger partial charge in [0.1, 0.15) is 0 Å². The van der Waals surface area contributed by atoms with Crippen LogP contribution in [0.25, 0.3) is 0 Å². The van der Waals surface area contributed by atoms with E-state index in [0.29, 0.717) is 5.56 Å². The Hall–Kier alpha value is -1.48. The Kier molecular flexibility index (Phi) is 7.34. The highest BCUT2D eigenvalue weighted by Gasteiger charge is 1.93. The first kappa shape index (κ1) is 16.0. The van der Waals surface area contributed by atoms with Gasteiger partial charge in [0, 0.05) is 5.56 Å². The van der Waals surface area contributed by atoms with Gasteiger partial charge in [-0.25, -0.2) is 0 Å². The molecule has 15 heavy (non-hydrogen) atoms. The molecule has 0 fully saturated rings. The van der Waals surface area contributed by atoms with E-state index in [4.69, 9.17) is 23.3 Å². The highest BCUT2D eigenvalue weighted by Crippen LogP contribution is 1.94. The molecule has 0 heterocycles. The molecule has 0 saturated carbocycles. The number of hydrogen-bond acceptors (Lipinski definition) is 3. The number of amides is 1. The van der Waals surface area contributed by atoms with Gasteiger partial charge in [-0.05, 0) is 12.1 Å². The van der Waals surface area contributed by atoms with Gasteiger partial charge in [-0.2, -0.15) is 8.42 Å². The summed E-state index contributed by atoms with van der Waals surface area (Å²) in [6.07, 6.45) is 0. The summed E-state index contributed by atoms with van der Waals surface area (Å²) in [5.41, 5.74) is 5.53. The van der Waals surface area contributed by atoms with Crippen LogP contribution in [-0.2, 0) is 10.4 Å². The minimum absolute atomic E-state index is 0. The molecule has 0 radical (unpaired) electrons. The normalized spacial score (nSPS) is 9.20. The molecule has 0 saturated heterocycles. The number of benzene rings is 1. The van der Waals surface area contributed by atoms with Crippen molar-refractivity contribution in [3.05, 3.63) is 35.9 Å². The van der Waals surface area contributed by atoms with Crippen LogP contribution in [0.3, 0.4) is 0 Å². The molecule has 0 aliphatic rings. The smallest absolute Gasteiger partial charge is 0.394 e. The molecule has 86 valence electrons. The number of primary amides is 1. The highest BCUT2D eigenvalue weighted by atomic mass is 32.3. The Morgan fingerprint density at radius 2 is 1.47 bits per heavy atom. The summed E-state index contributed by atoms with van der Waals surface area (Å²) in [5.74, 6) is -0.379. The molecular formula is C7H11NO6S. The van der Waals surface area contributed by atoms with Crippen molar-refractivity contribution in [2.24, 2.45) is 5.73 Å². The fraction of sp³-hybridized carbons (Fsp3) is 0. The molecule has 0 atom stereocenters. The zero-order valence-electron chi connectivity index (χ0n) is 7.49. The lowest BCUT2D eigenvalue weighted by atomic mass is 10.2. The quantitative estimate of drug-likeness (QED) is 0.552. The molecule has 0 aliphatic heterocycles. The summed E-state index contributed by atoms with van der Waals surface area (Å²) in [4.78, 5) is 10.4. The van der Waals surface area contributed by atoms with Gasteiger partial charge < -0.3 is 11.2 Å². The van der Waals surface area contributed by atoms with E-state index in [1.54, 1.807) is 24.3 Å². The van der Waals surface area contributed by atoms with Crippen molar-refractivity contribution in [1.29, 1.82) is 0 Å². The van der Waals surface area contributed by atoms with Gasteiger partial charge in [0.2, 0.25) is 5.91 Å². The van der Waals surface area contributed by atoms with Crippen molar-refractivity contribution in [2.75, 3.05) is 0 Å². The van der Waals surface area contributed by atoms with Gasteiger partial charge in [0.25, 0.3) is 0 Å². The monoisotopic (exact) mass is 237 g/mol. The highest BCUT2D eigenvalue weighted by molar-refractivity contribution is 7.79. The second-order valence-corrected chi connectivity index (χ2v) is 3.07. The van der Waals surface area contributed by atoms with Crippen molar-refractivity contribution in [3.8, 4) is 0 Å². The van der Waals surface area contributed by atoms with Crippen molar-refractivity contribution >= 4 is 16.3 Å². The van der Waals surface area contributed by atoms with E-state index < -0.39 is 10.4 Å². The van der Waals surface area contributed by atoms with Crippen LogP contribution >= 0.6 is 0 Å². The maximum absolute atomic E-state index is 10.4. The Morgan fingerprint density at radius 1 is 1.13 bits per heavy atom. The molecule has 1 amide bonds. The molecule has 0 bridgehead atoms. The summed E-state index contributed by atoms with van der Waals surface area (Å²) in [6, 6.07) is 8.76. The van der Waals surface area contributed by atoms with Crippen LogP contribution in [0.15, 0.2) is 30.3 Å². The number of carbonyl (C=O) groups excluding carboxylic acids is 1. The fourth-order valence-corrected chi connectivity index (χ4v) is 0.602. The Bertz CT molecular complexity index is 379. The van der Waals surface area contributed by atoms with E-state index in [9.17, 15) is 4.79 Å². The number of rotatable bonds is 1. The first-order chi connectivity index (χ1) is 6.30. The lowest BCUT2D eigenvalue weighted by Crippen LogP contribution is -2.09. The number of carbonyl (C=O) groups is 1. The van der Waals surface area contributed by atoms with E-state index in [1.165, 1.54) is 0 Å². The summed E-state index contributed by atoms with van der Waals surface area (Å²) in [7, 11) is -4.67. The molecule has 0 unspecified atom stereocenters. The van der Waals surface area contributed by atoms with Crippen molar-refractivity contribution in [2.45, 2.75) is 0 Å². The van der Waals surface area contributed by atoms with Crippen LogP contribution in [0.1, 0.15) is 10.4 Å². The van der Waals surface area contributed by atoms with Crippen LogP contribution in [-0.4, -0.2) is 28.9 Å². The van der Waals surface area contributed by atoms with Gasteiger partial charge in [0.15, 0.2) is 0 Å². The Labute approximate surface area is 86.4 Å². The summed E-state index contributed by atoms with van der Waals surface area (Å²) in [5, 5.41) is 0. The average molecular weight is 237 g/mol. The second-order valence-electron chi connectivity index (χ2n) is 2.18. The van der Waals surface area contributed by atoms with Crippen molar-refractivity contribution in [1.82, 2.24) is 0 Å². The topological polar surface area (TPSA) is 149 Å². The maximum Gasteiger partial charge on any atom is 0.394 e. The third-order valence-corrected chi connectivity index (χ3v) is 1.06. The molecule has 0 spiro atoms. The SMILES string of the molecule is NC(=O)c1ccccc1.O.O=S(=O)(O)O. The zero-order chi connectivity index (χ0) is 11.2. The van der Waals surface area contributed by atoms with Gasteiger partial charge in [-0.3, -0.25) is 13.9 Å². The van der Waals surface area contributed by atoms with Gasteiger partial charge >= 0.3 is 10.4 Å². The van der Waals surface area contributed by atoms with E-state index in [1.807, 2.05) is 6.07 Å². The fourth-order valence-electron chi connectivity index (χ4n) is 0.602. The first-order valence-corrected chi connectivity index (χ1v) is 4.75. The summed E-state index contributed by atoms with van der Waals surface area (Å²) in [6.45, 7) is 0. The minimum Gasteiger partial charge on any atom is -0.412 e. The minimum atomic E-state index is -4.67. The molecule has 8 heteroatoms. The van der Waals surface area contributed by atoms with E-state index in [0.717, 1.165) is 0 Å². The standard InChI is InChI=1S/C7H7NO.H2O4S.H2O/c8-7(9)6-4-2-1-3-5-6;1-5(2,3)4;/h1-5H,(H2,8,9);(H2,1,2,3,4);1H2. The molecule has 1 rings (SSSR count). The third-order valence-electron chi connectivity index (χ3n) is 1.06. The predicted octanol–water partition coefficient (Wildman–Crippen LogP) is -0.692. The van der Waals surface area contributed by atoms with E-state index in [2.05, 4.69) is 0 Å². The van der Waals surface area contributed by atoms with Crippen LogP contribution in [0.2, 0.25) is 0 Å². The summed E-state index contributed by atoms with van der Waals surface area (Å²) >= 11 is 0. The van der Waals surface area contributed by atoms with Crippen LogP contribution in [0.4, 0.5) is 0 Å². The number of hydrogen-bond donors (Lipinski definition) is 3. The molecule has 1 aromatic carbocycles. The zero-order valence-corrected chi connectivity index (χ0v) is 8.31. The molecule has 0 aliphatic carbocycles. The molecule has 6 N–H and O–H groups in total. The maximum atomic E-state index is 10.4.